The van der Waals surface area contributed by atoms with Crippen molar-refractivity contribution in [2.24, 2.45) is 4.99 Å². The Hall–Kier alpha value is -4.61. The number of nitrogens with zero attached hydrogens (tertiary/aromatic N) is 1. The molecule has 1 aliphatic heterocycles. The molecule has 1 unspecified atom stereocenters. The molecule has 0 aliphatic carbocycles. The van der Waals surface area contributed by atoms with Crippen LogP contribution in [-0.2, 0) is 0 Å². The van der Waals surface area contributed by atoms with Gasteiger partial charge in [0.2, 0.25) is 0 Å². The highest BCUT2D eigenvalue weighted by atomic mass is 31.1. The zero-order valence-electron chi connectivity index (χ0n) is 24.1. The fraction of sp³-hybridized carbons (Fsp3) is 0.0250. The first-order valence-corrected chi connectivity index (χ1v) is 17.6. The van der Waals surface area contributed by atoms with Crippen LogP contribution in [-0.4, -0.2) is 10.4 Å². The highest BCUT2D eigenvalue weighted by molar-refractivity contribution is 7.88. The normalized spacial score (nSPS) is 14.2. The smallest absolute Gasteiger partial charge is 0.0676 e. The molecule has 0 fully saturated rings. The van der Waals surface area contributed by atoms with Gasteiger partial charge in [-0.05, 0) is 44.5 Å². The van der Waals surface area contributed by atoms with Crippen molar-refractivity contribution < 1.29 is 0 Å². The van der Waals surface area contributed by atoms with Gasteiger partial charge in [0.1, 0.15) is 0 Å². The lowest BCUT2D eigenvalue weighted by atomic mass is 9.92. The van der Waals surface area contributed by atoms with Crippen molar-refractivity contribution in [3.8, 4) is 0 Å². The van der Waals surface area contributed by atoms with Crippen LogP contribution in [0.4, 0.5) is 5.69 Å². The minimum absolute atomic E-state index is 0.0151. The van der Waals surface area contributed by atoms with Crippen LogP contribution in [0.1, 0.15) is 17.0 Å². The summed E-state index contributed by atoms with van der Waals surface area (Å²) in [5.74, 6) is 0.0151. The molecule has 0 radical (unpaired) electrons. The van der Waals surface area contributed by atoms with E-state index >= 15 is 0 Å². The number of aromatic nitrogens is 1. The maximum absolute atomic E-state index is 5.53. The molecule has 8 rings (SSSR count). The summed E-state index contributed by atoms with van der Waals surface area (Å²) in [6.45, 7) is 0. The number of rotatable bonds is 7. The average molecular weight is 601 g/mol. The zero-order valence-corrected chi connectivity index (χ0v) is 25.9. The van der Waals surface area contributed by atoms with E-state index in [1.807, 2.05) is 0 Å². The lowest BCUT2D eigenvalue weighted by Crippen LogP contribution is -2.28. The quantitative estimate of drug-likeness (QED) is 0.179. The van der Waals surface area contributed by atoms with Gasteiger partial charge >= 0.3 is 0 Å². The van der Waals surface area contributed by atoms with Gasteiger partial charge < -0.3 is 4.98 Å². The molecule has 4 heteroatoms. The van der Waals surface area contributed by atoms with E-state index in [0.29, 0.717) is 0 Å². The zero-order chi connectivity index (χ0) is 29.3. The Morgan fingerprint density at radius 3 is 1.48 bits per heavy atom. The van der Waals surface area contributed by atoms with Crippen LogP contribution in [0.15, 0.2) is 175 Å². The van der Waals surface area contributed by atoms with E-state index in [2.05, 4.69) is 175 Å². The van der Waals surface area contributed by atoms with Gasteiger partial charge in [-0.1, -0.05) is 158 Å². The molecular weight excluding hydrogens is 570 g/mol. The second-order valence-corrected chi connectivity index (χ2v) is 15.2. The minimum Gasteiger partial charge on any atom is -0.354 e. The monoisotopic (exact) mass is 600 g/mol. The number of H-pyrrole nitrogens is 1. The van der Waals surface area contributed by atoms with Crippen LogP contribution in [0.3, 0.4) is 0 Å². The van der Waals surface area contributed by atoms with Gasteiger partial charge in [-0.25, -0.2) is 0 Å². The summed E-state index contributed by atoms with van der Waals surface area (Å²) in [4.78, 5) is 9.52. The summed E-state index contributed by atoms with van der Waals surface area (Å²) in [7, 11) is -1.76. The molecule has 1 aliphatic rings. The van der Waals surface area contributed by atoms with Gasteiger partial charge in [0, 0.05) is 26.7 Å². The Bertz CT molecular complexity index is 1990. The Morgan fingerprint density at radius 1 is 0.455 bits per heavy atom. The highest BCUT2D eigenvalue weighted by Crippen LogP contribution is 2.53. The predicted molar refractivity (Wildman–Crippen MR) is 191 cm³/mol. The number of aliphatic imine (C=N–C) groups is 1. The van der Waals surface area contributed by atoms with Crippen LogP contribution >= 0.6 is 15.8 Å². The van der Waals surface area contributed by atoms with Crippen LogP contribution < -0.4 is 26.7 Å². The SMILES string of the molecule is c1ccc(P(C2=Nc3ccccc3C2c2c(P(c3ccccc3)c3ccccc3)[nH]c3ccccc23)c2ccccc2)cc1. The van der Waals surface area contributed by atoms with Gasteiger partial charge in [0.05, 0.1) is 22.5 Å². The van der Waals surface area contributed by atoms with E-state index < -0.39 is 15.8 Å². The molecule has 1 N–H and O–H groups in total. The molecule has 7 aromatic rings. The van der Waals surface area contributed by atoms with E-state index in [1.54, 1.807) is 0 Å². The Labute approximate surface area is 260 Å². The standard InChI is InChI=1S/C40H30N2P2/c1-5-17-29(18-6-1)43(30-19-7-2-8-20-30)39-37(33-25-13-15-27-35(33)41-39)38-34-26-14-16-28-36(34)42-40(38)44(31-21-9-3-10-22-31)32-23-11-4-12-24-32/h1-28,37,42H. The fourth-order valence-electron chi connectivity index (χ4n) is 6.37. The number of nitrogens with one attached hydrogen (secondary N) is 1. The number of para-hydroxylation sites is 2. The number of aromatic amines is 1. The minimum atomic E-state index is -0.895. The second-order valence-electron chi connectivity index (χ2n) is 10.9. The van der Waals surface area contributed by atoms with E-state index in [4.69, 9.17) is 4.99 Å². The Balaban J connectivity index is 1.42. The molecular formula is C40H30N2P2. The lowest BCUT2D eigenvalue weighted by molar-refractivity contribution is 1.16. The predicted octanol–water partition coefficient (Wildman–Crippen LogP) is 8.23. The summed E-state index contributed by atoms with van der Waals surface area (Å²) in [6, 6.07) is 61.6. The van der Waals surface area contributed by atoms with Crippen LogP contribution in [0, 0.1) is 0 Å². The van der Waals surface area contributed by atoms with Gasteiger partial charge in [-0.2, -0.15) is 0 Å². The van der Waals surface area contributed by atoms with Crippen molar-refractivity contribution in [1.82, 2.24) is 4.98 Å². The van der Waals surface area contributed by atoms with E-state index in [1.165, 1.54) is 54.1 Å². The van der Waals surface area contributed by atoms with Crippen molar-refractivity contribution >= 4 is 64.5 Å². The average Bonchev–Trinajstić information content (AvgIpc) is 3.65. The van der Waals surface area contributed by atoms with Crippen molar-refractivity contribution in [2.75, 3.05) is 0 Å². The molecule has 1 aromatic heterocycles. The summed E-state index contributed by atoms with van der Waals surface area (Å²) >= 11 is 0. The molecule has 6 aromatic carbocycles. The van der Waals surface area contributed by atoms with Gasteiger partial charge in [0.15, 0.2) is 0 Å². The second kappa shape index (κ2) is 11.8. The Morgan fingerprint density at radius 2 is 0.909 bits per heavy atom. The topological polar surface area (TPSA) is 28.1 Å². The van der Waals surface area contributed by atoms with Crippen LogP contribution in [0.2, 0.25) is 0 Å². The van der Waals surface area contributed by atoms with Gasteiger partial charge in [0.25, 0.3) is 0 Å². The first-order valence-electron chi connectivity index (χ1n) is 15.0. The molecule has 0 saturated carbocycles. The number of hydrogen-bond donors (Lipinski definition) is 1. The number of benzene rings is 6. The third-order valence-electron chi connectivity index (χ3n) is 8.27. The molecule has 0 amide bonds. The van der Waals surface area contributed by atoms with Crippen molar-refractivity contribution in [2.45, 2.75) is 5.92 Å². The van der Waals surface area contributed by atoms with Crippen molar-refractivity contribution in [3.05, 3.63) is 181 Å². The third-order valence-corrected chi connectivity index (χ3v) is 13.1. The molecule has 1 atom stereocenters. The highest BCUT2D eigenvalue weighted by Gasteiger charge is 2.39. The summed E-state index contributed by atoms with van der Waals surface area (Å²) in [5, 5.41) is 6.58. The lowest BCUT2D eigenvalue weighted by Gasteiger charge is -2.27. The summed E-state index contributed by atoms with van der Waals surface area (Å²) in [5.41, 5.74) is 7.41. The summed E-state index contributed by atoms with van der Waals surface area (Å²) < 4.78 is 0. The molecule has 0 bridgehead atoms. The van der Waals surface area contributed by atoms with Crippen LogP contribution in [0.5, 0.6) is 0 Å². The number of hydrogen-bond acceptors (Lipinski definition) is 1. The van der Waals surface area contributed by atoms with E-state index in [-0.39, 0.29) is 5.92 Å². The molecule has 210 valence electrons. The molecule has 44 heavy (non-hydrogen) atoms. The van der Waals surface area contributed by atoms with Gasteiger partial charge in [-0.3, -0.25) is 4.99 Å². The Kier molecular flexibility index (Phi) is 7.25. The maximum atomic E-state index is 5.53. The maximum Gasteiger partial charge on any atom is 0.0676 e. The van der Waals surface area contributed by atoms with Gasteiger partial charge in [-0.15, -0.1) is 0 Å². The van der Waals surface area contributed by atoms with Crippen molar-refractivity contribution in [1.29, 1.82) is 0 Å². The van der Waals surface area contributed by atoms with Crippen LogP contribution in [0.25, 0.3) is 10.9 Å². The summed E-state index contributed by atoms with van der Waals surface area (Å²) in [6.07, 6.45) is 0. The van der Waals surface area contributed by atoms with Crippen molar-refractivity contribution in [3.63, 3.8) is 0 Å². The first kappa shape index (κ1) is 27.0. The molecule has 0 spiro atoms. The largest absolute Gasteiger partial charge is 0.354 e. The fourth-order valence-corrected chi connectivity index (χ4v) is 11.4. The molecule has 2 heterocycles. The third kappa shape index (κ3) is 4.82. The molecule has 0 saturated heterocycles. The van der Waals surface area contributed by atoms with E-state index in [9.17, 15) is 0 Å². The molecule has 2 nitrogen and oxygen atoms in total. The van der Waals surface area contributed by atoms with E-state index in [0.717, 1.165) is 5.69 Å². The number of fused-ring (bicyclic) bond motifs is 2. The first-order chi connectivity index (χ1) is 21.9.